The number of piperazine rings is 1. The molecular formula is C26H34N4O3. The summed E-state index contributed by atoms with van der Waals surface area (Å²) in [4.78, 5) is 25.2. The zero-order chi connectivity index (χ0) is 24.0. The molecule has 7 heteroatoms. The molecule has 1 aromatic heterocycles. The molecule has 0 radical (unpaired) electrons. The average Bonchev–Trinajstić information content (AvgIpc) is 2.79. The van der Waals surface area contributed by atoms with Gasteiger partial charge in [-0.15, -0.1) is 0 Å². The number of fused-ring (bicyclic) bond motifs is 1. The number of aromatic hydroxyl groups is 1. The molecule has 0 saturated carbocycles. The van der Waals surface area contributed by atoms with Gasteiger partial charge in [-0.2, -0.15) is 0 Å². The molecule has 1 saturated heterocycles. The molecule has 0 bridgehead atoms. The Morgan fingerprint density at radius 3 is 2.33 bits per heavy atom. The number of aromatic nitrogens is 2. The fraction of sp³-hybridized carbons (Fsp3) is 0.423. The lowest BCUT2D eigenvalue weighted by Crippen LogP contribution is -2.48. The van der Waals surface area contributed by atoms with E-state index in [-0.39, 0.29) is 11.7 Å². The minimum absolute atomic E-state index is 0.104. The van der Waals surface area contributed by atoms with Gasteiger partial charge in [-0.05, 0) is 49.1 Å². The standard InChI is InChI=1S/C21H22N4O2.C5H12O/c1-14-7-8-16-18(13-14)22-20(17-5-3-4-6-19(17)27)23-21(16)25-11-9-24(10-12-25)15(2)26;1-5(2)3-4-6/h3-8,13,27H,9-12H2,1-2H3;5-6H,3-4H2,1-2H3. The van der Waals surface area contributed by atoms with Crippen molar-refractivity contribution >= 4 is 22.6 Å². The van der Waals surface area contributed by atoms with Gasteiger partial charge < -0.3 is 20.0 Å². The van der Waals surface area contributed by atoms with Crippen LogP contribution in [0.5, 0.6) is 5.75 Å². The average molecular weight is 451 g/mol. The molecule has 1 amide bonds. The monoisotopic (exact) mass is 450 g/mol. The van der Waals surface area contributed by atoms with Crippen molar-refractivity contribution in [3.8, 4) is 17.1 Å². The molecule has 3 aromatic rings. The third-order valence-electron chi connectivity index (χ3n) is 5.71. The van der Waals surface area contributed by atoms with Crippen LogP contribution in [0, 0.1) is 12.8 Å². The van der Waals surface area contributed by atoms with E-state index in [1.807, 2.05) is 36.1 Å². The molecule has 4 rings (SSSR count). The molecule has 2 heterocycles. The SMILES string of the molecule is CC(=O)N1CCN(c2nc(-c3ccccc3O)nc3cc(C)ccc23)CC1.CC(C)CCO. The first-order chi connectivity index (χ1) is 15.8. The second-order valence-corrected chi connectivity index (χ2v) is 8.81. The largest absolute Gasteiger partial charge is 0.507 e. The molecule has 0 spiro atoms. The minimum Gasteiger partial charge on any atom is -0.507 e. The molecule has 1 aliphatic heterocycles. The summed E-state index contributed by atoms with van der Waals surface area (Å²) in [5, 5.41) is 19.5. The first kappa shape index (κ1) is 24.5. The lowest BCUT2D eigenvalue weighted by atomic mass is 10.1. The van der Waals surface area contributed by atoms with E-state index in [0.717, 1.165) is 41.8 Å². The highest BCUT2D eigenvalue weighted by Gasteiger charge is 2.22. The number of carbonyl (C=O) groups excluding carboxylic acids is 1. The number of aliphatic hydroxyl groups is 1. The van der Waals surface area contributed by atoms with Crippen molar-refractivity contribution in [2.45, 2.75) is 34.1 Å². The fourth-order valence-corrected chi connectivity index (χ4v) is 3.74. The van der Waals surface area contributed by atoms with Crippen LogP contribution in [-0.4, -0.2) is 63.8 Å². The number of hydrogen-bond donors (Lipinski definition) is 2. The number of aryl methyl sites for hydroxylation is 1. The van der Waals surface area contributed by atoms with Crippen LogP contribution in [-0.2, 0) is 4.79 Å². The maximum Gasteiger partial charge on any atom is 0.219 e. The quantitative estimate of drug-likeness (QED) is 0.624. The van der Waals surface area contributed by atoms with Crippen molar-refractivity contribution in [2.24, 2.45) is 5.92 Å². The van der Waals surface area contributed by atoms with Crippen LogP contribution in [0.3, 0.4) is 0 Å². The molecule has 7 nitrogen and oxygen atoms in total. The number of rotatable bonds is 4. The number of nitrogens with zero attached hydrogens (tertiary/aromatic N) is 4. The molecule has 176 valence electrons. The predicted molar refractivity (Wildman–Crippen MR) is 132 cm³/mol. The van der Waals surface area contributed by atoms with E-state index in [1.165, 1.54) is 0 Å². The predicted octanol–water partition coefficient (Wildman–Crippen LogP) is 4.00. The van der Waals surface area contributed by atoms with Crippen molar-refractivity contribution in [2.75, 3.05) is 37.7 Å². The summed E-state index contributed by atoms with van der Waals surface area (Å²) < 4.78 is 0. The lowest BCUT2D eigenvalue weighted by molar-refractivity contribution is -0.129. The fourth-order valence-electron chi connectivity index (χ4n) is 3.74. The van der Waals surface area contributed by atoms with E-state index in [0.29, 0.717) is 37.0 Å². The number of anilines is 1. The van der Waals surface area contributed by atoms with Gasteiger partial charge in [0, 0.05) is 45.1 Å². The van der Waals surface area contributed by atoms with Crippen molar-refractivity contribution in [1.82, 2.24) is 14.9 Å². The van der Waals surface area contributed by atoms with E-state index in [2.05, 4.69) is 24.8 Å². The Morgan fingerprint density at radius 1 is 1.06 bits per heavy atom. The van der Waals surface area contributed by atoms with Gasteiger partial charge in [-0.25, -0.2) is 9.97 Å². The van der Waals surface area contributed by atoms with Crippen LogP contribution >= 0.6 is 0 Å². The molecule has 0 unspecified atom stereocenters. The summed E-state index contributed by atoms with van der Waals surface area (Å²) >= 11 is 0. The van der Waals surface area contributed by atoms with Crippen LogP contribution in [0.25, 0.3) is 22.3 Å². The van der Waals surface area contributed by atoms with Crippen molar-refractivity contribution < 1.29 is 15.0 Å². The highest BCUT2D eigenvalue weighted by molar-refractivity contribution is 5.92. The maximum absolute atomic E-state index is 11.6. The molecule has 1 fully saturated rings. The number of phenols is 1. The molecule has 33 heavy (non-hydrogen) atoms. The van der Waals surface area contributed by atoms with Crippen LogP contribution in [0.4, 0.5) is 5.82 Å². The molecule has 1 aliphatic rings. The highest BCUT2D eigenvalue weighted by Crippen LogP contribution is 2.32. The third-order valence-corrected chi connectivity index (χ3v) is 5.71. The van der Waals surface area contributed by atoms with E-state index in [9.17, 15) is 9.90 Å². The lowest BCUT2D eigenvalue weighted by Gasteiger charge is -2.35. The number of para-hydroxylation sites is 1. The van der Waals surface area contributed by atoms with Gasteiger partial charge in [0.05, 0.1) is 11.1 Å². The summed E-state index contributed by atoms with van der Waals surface area (Å²) in [6, 6.07) is 13.3. The Morgan fingerprint density at radius 2 is 1.76 bits per heavy atom. The molecule has 0 atom stereocenters. The van der Waals surface area contributed by atoms with Crippen molar-refractivity contribution in [3.05, 3.63) is 48.0 Å². The summed E-state index contributed by atoms with van der Waals surface area (Å²) in [7, 11) is 0. The Bertz CT molecular complexity index is 1090. The van der Waals surface area contributed by atoms with E-state index < -0.39 is 0 Å². The number of carbonyl (C=O) groups is 1. The zero-order valence-electron chi connectivity index (χ0n) is 20.0. The Hall–Kier alpha value is -3.19. The molecule has 2 N–H and O–H groups in total. The number of hydrogen-bond acceptors (Lipinski definition) is 6. The van der Waals surface area contributed by atoms with Gasteiger partial charge in [0.1, 0.15) is 11.6 Å². The highest BCUT2D eigenvalue weighted by atomic mass is 16.3. The minimum atomic E-state index is 0.104. The first-order valence-electron chi connectivity index (χ1n) is 11.5. The Balaban J connectivity index is 0.000000454. The summed E-state index contributed by atoms with van der Waals surface area (Å²) in [6.45, 7) is 11.0. The second-order valence-electron chi connectivity index (χ2n) is 8.81. The number of aliphatic hydroxyl groups excluding tert-OH is 1. The van der Waals surface area contributed by atoms with E-state index >= 15 is 0 Å². The number of amides is 1. The van der Waals surface area contributed by atoms with Crippen molar-refractivity contribution in [3.63, 3.8) is 0 Å². The second kappa shape index (κ2) is 11.1. The maximum atomic E-state index is 11.6. The zero-order valence-corrected chi connectivity index (χ0v) is 20.0. The van der Waals surface area contributed by atoms with Crippen LogP contribution in [0.1, 0.15) is 32.8 Å². The topological polar surface area (TPSA) is 89.8 Å². The molecule has 2 aromatic carbocycles. The van der Waals surface area contributed by atoms with Gasteiger partial charge in [0.2, 0.25) is 5.91 Å². The molecule has 0 aliphatic carbocycles. The number of benzene rings is 2. The Kier molecular flexibility index (Phi) is 8.22. The third kappa shape index (κ3) is 6.20. The summed E-state index contributed by atoms with van der Waals surface area (Å²) in [6.07, 6.45) is 0.931. The summed E-state index contributed by atoms with van der Waals surface area (Å²) in [5.41, 5.74) is 2.59. The van der Waals surface area contributed by atoms with Gasteiger partial charge in [0.15, 0.2) is 5.82 Å². The van der Waals surface area contributed by atoms with Crippen LogP contribution in [0.15, 0.2) is 42.5 Å². The van der Waals surface area contributed by atoms with Gasteiger partial charge in [-0.1, -0.05) is 32.0 Å². The van der Waals surface area contributed by atoms with Crippen LogP contribution in [0.2, 0.25) is 0 Å². The normalized spacial score (nSPS) is 13.8. The van der Waals surface area contributed by atoms with Gasteiger partial charge in [0.25, 0.3) is 0 Å². The van der Waals surface area contributed by atoms with Crippen LogP contribution < -0.4 is 4.90 Å². The van der Waals surface area contributed by atoms with Gasteiger partial charge >= 0.3 is 0 Å². The smallest absolute Gasteiger partial charge is 0.219 e. The van der Waals surface area contributed by atoms with E-state index in [1.54, 1.807) is 19.1 Å². The van der Waals surface area contributed by atoms with E-state index in [4.69, 9.17) is 15.1 Å². The first-order valence-corrected chi connectivity index (χ1v) is 11.5. The molecular weight excluding hydrogens is 416 g/mol. The van der Waals surface area contributed by atoms with Crippen molar-refractivity contribution in [1.29, 1.82) is 0 Å². The van der Waals surface area contributed by atoms with Gasteiger partial charge in [-0.3, -0.25) is 4.79 Å². The summed E-state index contributed by atoms with van der Waals surface area (Å²) in [5.74, 6) is 2.27. The number of phenolic OH excluding ortho intramolecular Hbond substituents is 1. The Labute approximate surface area is 195 Å².